The van der Waals surface area contributed by atoms with Crippen molar-refractivity contribution in [2.24, 2.45) is 0 Å². The van der Waals surface area contributed by atoms with Crippen molar-refractivity contribution in [2.75, 3.05) is 0 Å². The highest BCUT2D eigenvalue weighted by Crippen LogP contribution is 2.33. The van der Waals surface area contributed by atoms with Gasteiger partial charge in [0.15, 0.2) is 0 Å². The molecule has 0 bridgehead atoms. The van der Waals surface area contributed by atoms with Crippen LogP contribution in [0.1, 0.15) is 23.8 Å². The van der Waals surface area contributed by atoms with Crippen LogP contribution in [0.4, 0.5) is 0 Å². The van der Waals surface area contributed by atoms with Crippen LogP contribution in [0.25, 0.3) is 10.1 Å². The summed E-state index contributed by atoms with van der Waals surface area (Å²) < 4.78 is 1.20. The minimum atomic E-state index is 0.363. The van der Waals surface area contributed by atoms with Gasteiger partial charge in [-0.05, 0) is 42.5 Å². The lowest BCUT2D eigenvalue weighted by molar-refractivity contribution is 0.476. The van der Waals surface area contributed by atoms with E-state index in [2.05, 4.69) is 13.8 Å². The van der Waals surface area contributed by atoms with E-state index >= 15 is 0 Å². The molecule has 74 valence electrons. The van der Waals surface area contributed by atoms with E-state index in [-0.39, 0.29) is 0 Å². The predicted molar refractivity (Wildman–Crippen MR) is 62.2 cm³/mol. The van der Waals surface area contributed by atoms with Crippen LogP contribution in [-0.2, 0) is 6.42 Å². The second-order valence-electron chi connectivity index (χ2n) is 3.58. The molecule has 1 N–H and O–H groups in total. The van der Waals surface area contributed by atoms with Crippen molar-refractivity contribution < 1.29 is 5.11 Å². The largest absolute Gasteiger partial charge is 0.508 e. The number of aromatic hydroxyl groups is 1. The summed E-state index contributed by atoms with van der Waals surface area (Å²) in [7, 11) is 0. The van der Waals surface area contributed by atoms with Crippen LogP contribution in [0.5, 0.6) is 5.75 Å². The quantitative estimate of drug-likeness (QED) is 0.791. The van der Waals surface area contributed by atoms with Crippen LogP contribution < -0.4 is 0 Å². The van der Waals surface area contributed by atoms with Crippen LogP contribution in [0, 0.1) is 6.92 Å². The summed E-state index contributed by atoms with van der Waals surface area (Å²) >= 11 is 1.80. The highest BCUT2D eigenvalue weighted by molar-refractivity contribution is 7.19. The minimum Gasteiger partial charge on any atom is -0.508 e. The number of rotatable bonds is 2. The molecule has 1 aromatic carbocycles. The molecule has 0 aliphatic heterocycles. The van der Waals surface area contributed by atoms with Gasteiger partial charge in [0.25, 0.3) is 0 Å². The Balaban J connectivity index is 2.61. The molecule has 0 aliphatic rings. The lowest BCUT2D eigenvalue weighted by atomic mass is 10.1. The van der Waals surface area contributed by atoms with Gasteiger partial charge in [-0.2, -0.15) is 0 Å². The Morgan fingerprint density at radius 3 is 2.86 bits per heavy atom. The average molecular weight is 206 g/mol. The number of aryl methyl sites for hydroxylation is 2. The summed E-state index contributed by atoms with van der Waals surface area (Å²) in [5, 5.41) is 10.7. The summed E-state index contributed by atoms with van der Waals surface area (Å²) in [4.78, 5) is 1.45. The highest BCUT2D eigenvalue weighted by atomic mass is 32.1. The maximum atomic E-state index is 9.37. The Bertz CT molecular complexity index is 457. The standard InChI is InChI=1S/C12H14OS/c1-3-4-11-8(2)10-6-5-9(13)7-12(10)14-11/h5-7,13H,3-4H2,1-2H3. The van der Waals surface area contributed by atoms with Crippen molar-refractivity contribution in [2.45, 2.75) is 26.7 Å². The Kier molecular flexibility index (Phi) is 2.46. The molecule has 0 atom stereocenters. The van der Waals surface area contributed by atoms with E-state index in [0.29, 0.717) is 5.75 Å². The first-order valence-corrected chi connectivity index (χ1v) is 5.75. The van der Waals surface area contributed by atoms with Crippen molar-refractivity contribution >= 4 is 21.4 Å². The molecule has 1 nitrogen and oxygen atoms in total. The number of thiophene rings is 1. The fourth-order valence-electron chi connectivity index (χ4n) is 1.73. The van der Waals surface area contributed by atoms with E-state index < -0.39 is 0 Å². The van der Waals surface area contributed by atoms with Gasteiger partial charge in [-0.3, -0.25) is 0 Å². The van der Waals surface area contributed by atoms with Crippen LogP contribution >= 0.6 is 11.3 Å². The SMILES string of the molecule is CCCc1sc2cc(O)ccc2c1C. The van der Waals surface area contributed by atoms with Gasteiger partial charge in [0.2, 0.25) is 0 Å². The lowest BCUT2D eigenvalue weighted by Crippen LogP contribution is -1.79. The molecule has 2 heteroatoms. The zero-order valence-electron chi connectivity index (χ0n) is 8.50. The summed E-state index contributed by atoms with van der Waals surface area (Å²) in [6.45, 7) is 4.36. The summed E-state index contributed by atoms with van der Waals surface area (Å²) in [5.41, 5.74) is 1.38. The molecule has 0 unspecified atom stereocenters. The summed E-state index contributed by atoms with van der Waals surface area (Å²) in [6.07, 6.45) is 2.32. The lowest BCUT2D eigenvalue weighted by Gasteiger charge is -1.94. The second kappa shape index (κ2) is 3.62. The third-order valence-corrected chi connectivity index (χ3v) is 3.81. The zero-order chi connectivity index (χ0) is 10.1. The van der Waals surface area contributed by atoms with Gasteiger partial charge in [0, 0.05) is 9.58 Å². The van der Waals surface area contributed by atoms with Crippen molar-refractivity contribution in [3.05, 3.63) is 28.6 Å². The molecule has 14 heavy (non-hydrogen) atoms. The van der Waals surface area contributed by atoms with E-state index in [9.17, 15) is 5.11 Å². The van der Waals surface area contributed by atoms with Crippen molar-refractivity contribution in [3.8, 4) is 5.75 Å². The van der Waals surface area contributed by atoms with E-state index in [1.54, 1.807) is 17.4 Å². The van der Waals surface area contributed by atoms with Crippen molar-refractivity contribution in [1.29, 1.82) is 0 Å². The molecular weight excluding hydrogens is 192 g/mol. The van der Waals surface area contributed by atoms with E-state index in [4.69, 9.17) is 0 Å². The number of phenolic OH excluding ortho intramolecular Hbond substituents is 1. The van der Waals surface area contributed by atoms with Crippen LogP contribution in [0.2, 0.25) is 0 Å². The number of benzene rings is 1. The molecular formula is C12H14OS. The van der Waals surface area contributed by atoms with Gasteiger partial charge >= 0.3 is 0 Å². The number of phenols is 1. The molecule has 0 saturated heterocycles. The molecule has 0 radical (unpaired) electrons. The smallest absolute Gasteiger partial charge is 0.117 e. The third kappa shape index (κ3) is 1.50. The first-order valence-electron chi connectivity index (χ1n) is 4.93. The van der Waals surface area contributed by atoms with E-state index in [1.807, 2.05) is 12.1 Å². The third-order valence-electron chi connectivity index (χ3n) is 2.50. The molecule has 1 aromatic heterocycles. The van der Waals surface area contributed by atoms with E-state index in [1.165, 1.54) is 26.9 Å². The van der Waals surface area contributed by atoms with Crippen LogP contribution in [0.3, 0.4) is 0 Å². The Labute approximate surface area is 88.0 Å². The maximum absolute atomic E-state index is 9.37. The summed E-state index contributed by atoms with van der Waals surface area (Å²) in [5.74, 6) is 0.363. The molecule has 0 spiro atoms. The van der Waals surface area contributed by atoms with E-state index in [0.717, 1.165) is 6.42 Å². The van der Waals surface area contributed by atoms with Crippen LogP contribution in [-0.4, -0.2) is 5.11 Å². The zero-order valence-corrected chi connectivity index (χ0v) is 9.32. The Morgan fingerprint density at radius 2 is 2.14 bits per heavy atom. The predicted octanol–water partition coefficient (Wildman–Crippen LogP) is 3.87. The molecule has 0 amide bonds. The second-order valence-corrected chi connectivity index (χ2v) is 4.72. The van der Waals surface area contributed by atoms with Crippen molar-refractivity contribution in [3.63, 3.8) is 0 Å². The fourth-order valence-corrected chi connectivity index (χ4v) is 3.08. The first kappa shape index (κ1) is 9.53. The number of fused-ring (bicyclic) bond motifs is 1. The average Bonchev–Trinajstić information content (AvgIpc) is 2.44. The van der Waals surface area contributed by atoms with Crippen LogP contribution in [0.15, 0.2) is 18.2 Å². The normalized spacial score (nSPS) is 11.0. The van der Waals surface area contributed by atoms with Gasteiger partial charge in [0.1, 0.15) is 5.75 Å². The van der Waals surface area contributed by atoms with Gasteiger partial charge in [-0.25, -0.2) is 0 Å². The Hall–Kier alpha value is -1.02. The Morgan fingerprint density at radius 1 is 1.36 bits per heavy atom. The van der Waals surface area contributed by atoms with Gasteiger partial charge in [0.05, 0.1) is 0 Å². The molecule has 0 aliphatic carbocycles. The minimum absolute atomic E-state index is 0.363. The molecule has 1 heterocycles. The fraction of sp³-hybridized carbons (Fsp3) is 0.333. The number of hydrogen-bond donors (Lipinski definition) is 1. The topological polar surface area (TPSA) is 20.2 Å². The highest BCUT2D eigenvalue weighted by Gasteiger charge is 2.07. The van der Waals surface area contributed by atoms with Crippen molar-refractivity contribution in [1.82, 2.24) is 0 Å². The molecule has 2 aromatic rings. The molecule has 0 saturated carbocycles. The van der Waals surface area contributed by atoms with Gasteiger partial charge in [-0.1, -0.05) is 13.3 Å². The summed E-state index contributed by atoms with van der Waals surface area (Å²) in [6, 6.07) is 5.62. The van der Waals surface area contributed by atoms with Gasteiger partial charge in [-0.15, -0.1) is 11.3 Å². The maximum Gasteiger partial charge on any atom is 0.117 e. The molecule has 2 rings (SSSR count). The van der Waals surface area contributed by atoms with Gasteiger partial charge < -0.3 is 5.11 Å². The first-order chi connectivity index (χ1) is 6.72. The molecule has 0 fully saturated rings. The monoisotopic (exact) mass is 206 g/mol. The number of hydrogen-bond acceptors (Lipinski definition) is 2.